The second kappa shape index (κ2) is 7.75. The number of hydrogen-bond donors (Lipinski definition) is 1. The first-order valence-corrected chi connectivity index (χ1v) is 7.51. The van der Waals surface area contributed by atoms with E-state index in [-0.39, 0.29) is 5.69 Å². The maximum absolute atomic E-state index is 9.07. The van der Waals surface area contributed by atoms with E-state index in [0.717, 1.165) is 5.56 Å². The van der Waals surface area contributed by atoms with Gasteiger partial charge < -0.3 is 14.8 Å². The van der Waals surface area contributed by atoms with Crippen LogP contribution in [0.15, 0.2) is 55.0 Å². The molecule has 0 atom stereocenters. The van der Waals surface area contributed by atoms with Crippen LogP contribution in [0.3, 0.4) is 0 Å². The number of aromatic nitrogens is 3. The first-order chi connectivity index (χ1) is 12.3. The number of ether oxygens (including phenoxy) is 2. The van der Waals surface area contributed by atoms with Crippen molar-refractivity contribution in [3.63, 3.8) is 0 Å². The molecule has 0 radical (unpaired) electrons. The fourth-order valence-electron chi connectivity index (χ4n) is 2.16. The Morgan fingerprint density at radius 1 is 1.04 bits per heavy atom. The highest BCUT2D eigenvalue weighted by Crippen LogP contribution is 2.26. The average molecular weight is 333 g/mol. The van der Waals surface area contributed by atoms with E-state index in [1.807, 2.05) is 36.4 Å². The highest BCUT2D eigenvalue weighted by molar-refractivity contribution is 5.48. The summed E-state index contributed by atoms with van der Waals surface area (Å²) in [5.41, 5.74) is 1.06. The van der Waals surface area contributed by atoms with Gasteiger partial charge in [-0.2, -0.15) is 5.26 Å². The molecule has 1 N–H and O–H groups in total. The topological polar surface area (TPSA) is 92.9 Å². The molecule has 0 saturated carbocycles. The van der Waals surface area contributed by atoms with Crippen molar-refractivity contribution < 1.29 is 9.47 Å². The van der Waals surface area contributed by atoms with E-state index in [2.05, 4.69) is 20.3 Å². The lowest BCUT2D eigenvalue weighted by molar-refractivity contribution is 0.406. The Morgan fingerprint density at radius 2 is 1.88 bits per heavy atom. The first kappa shape index (κ1) is 16.2. The summed E-state index contributed by atoms with van der Waals surface area (Å²) in [4.78, 5) is 12.4. The number of nitriles is 1. The maximum atomic E-state index is 9.07. The van der Waals surface area contributed by atoms with Gasteiger partial charge in [0.15, 0.2) is 11.5 Å². The molecule has 2 heterocycles. The summed E-state index contributed by atoms with van der Waals surface area (Å²) >= 11 is 0. The van der Waals surface area contributed by atoms with E-state index in [1.165, 1.54) is 12.4 Å². The normalized spacial score (nSPS) is 9.92. The third kappa shape index (κ3) is 4.00. The Balaban J connectivity index is 1.78. The lowest BCUT2D eigenvalue weighted by Crippen LogP contribution is -2.06. The molecule has 0 bridgehead atoms. The Labute approximate surface area is 144 Å². The van der Waals surface area contributed by atoms with Crippen molar-refractivity contribution in [2.45, 2.75) is 6.54 Å². The van der Waals surface area contributed by atoms with E-state index < -0.39 is 0 Å². The summed E-state index contributed by atoms with van der Waals surface area (Å²) in [7, 11) is 1.60. The summed E-state index contributed by atoms with van der Waals surface area (Å²) in [6, 6.07) is 13.0. The molecule has 0 aliphatic heterocycles. The number of nitrogens with one attached hydrogen (secondary N) is 1. The number of methoxy groups -OCH3 is 1. The van der Waals surface area contributed by atoms with Gasteiger partial charge in [-0.25, -0.2) is 15.0 Å². The van der Waals surface area contributed by atoms with Gasteiger partial charge in [0.25, 0.3) is 0 Å². The van der Waals surface area contributed by atoms with Crippen LogP contribution < -0.4 is 14.8 Å². The molecule has 0 aliphatic carbocycles. The lowest BCUT2D eigenvalue weighted by atomic mass is 10.2. The quantitative estimate of drug-likeness (QED) is 0.740. The van der Waals surface area contributed by atoms with Crippen LogP contribution in [-0.2, 0) is 6.54 Å². The number of benzene rings is 1. The highest BCUT2D eigenvalue weighted by atomic mass is 16.5. The third-order valence-corrected chi connectivity index (χ3v) is 3.36. The predicted octanol–water partition coefficient (Wildman–Crippen LogP) is 3.16. The van der Waals surface area contributed by atoms with Crippen molar-refractivity contribution in [3.8, 4) is 23.4 Å². The molecule has 0 fully saturated rings. The molecule has 7 nitrogen and oxygen atoms in total. The van der Waals surface area contributed by atoms with Gasteiger partial charge in [-0.3, -0.25) is 0 Å². The van der Waals surface area contributed by atoms with E-state index in [9.17, 15) is 0 Å². The van der Waals surface area contributed by atoms with Crippen molar-refractivity contribution >= 4 is 5.82 Å². The Morgan fingerprint density at radius 3 is 2.72 bits per heavy atom. The van der Waals surface area contributed by atoms with Crippen LogP contribution in [0.1, 0.15) is 11.3 Å². The minimum Gasteiger partial charge on any atom is -0.497 e. The summed E-state index contributed by atoms with van der Waals surface area (Å²) in [5.74, 6) is 2.20. The zero-order chi connectivity index (χ0) is 17.5. The third-order valence-electron chi connectivity index (χ3n) is 3.36. The van der Waals surface area contributed by atoms with Gasteiger partial charge in [-0.15, -0.1) is 0 Å². The summed E-state index contributed by atoms with van der Waals surface area (Å²) in [5, 5.41) is 12.2. The van der Waals surface area contributed by atoms with Crippen LogP contribution in [0, 0.1) is 11.3 Å². The maximum Gasteiger partial charge on any atom is 0.224 e. The van der Waals surface area contributed by atoms with Gasteiger partial charge >= 0.3 is 0 Å². The van der Waals surface area contributed by atoms with Crippen LogP contribution in [0.4, 0.5) is 5.82 Å². The Kier molecular flexibility index (Phi) is 5.02. The molecule has 0 saturated heterocycles. The molecule has 0 spiro atoms. The van der Waals surface area contributed by atoms with Crippen LogP contribution in [0.5, 0.6) is 17.4 Å². The largest absolute Gasteiger partial charge is 0.497 e. The second-order valence-electron chi connectivity index (χ2n) is 4.97. The molecule has 2 aromatic heterocycles. The highest BCUT2D eigenvalue weighted by Gasteiger charge is 2.09. The zero-order valence-electron chi connectivity index (χ0n) is 13.5. The van der Waals surface area contributed by atoms with Crippen LogP contribution in [0.2, 0.25) is 0 Å². The van der Waals surface area contributed by atoms with Gasteiger partial charge in [0, 0.05) is 36.8 Å². The number of nitrogens with zero attached hydrogens (tertiary/aromatic N) is 4. The molecule has 124 valence electrons. The Bertz CT molecular complexity index is 908. The summed E-state index contributed by atoms with van der Waals surface area (Å²) < 4.78 is 11.1. The molecule has 1 aromatic carbocycles. The molecule has 0 amide bonds. The van der Waals surface area contributed by atoms with Gasteiger partial charge in [0.05, 0.1) is 7.11 Å². The number of rotatable bonds is 6. The van der Waals surface area contributed by atoms with Gasteiger partial charge in [0.1, 0.15) is 17.6 Å². The van der Waals surface area contributed by atoms with E-state index >= 15 is 0 Å². The van der Waals surface area contributed by atoms with E-state index in [1.54, 1.807) is 19.4 Å². The second-order valence-corrected chi connectivity index (χ2v) is 4.97. The molecule has 3 aromatic rings. The Hall–Kier alpha value is -3.66. The first-order valence-electron chi connectivity index (χ1n) is 7.51. The molecule has 0 unspecified atom stereocenters. The number of hydrogen-bond acceptors (Lipinski definition) is 7. The minimum atomic E-state index is 0.238. The fourth-order valence-corrected chi connectivity index (χ4v) is 2.16. The molecule has 0 aliphatic rings. The molecule has 7 heteroatoms. The smallest absolute Gasteiger partial charge is 0.224 e. The van der Waals surface area contributed by atoms with E-state index in [0.29, 0.717) is 29.7 Å². The van der Waals surface area contributed by atoms with Crippen molar-refractivity contribution in [2.24, 2.45) is 0 Å². The van der Waals surface area contributed by atoms with Crippen LogP contribution >= 0.6 is 0 Å². The summed E-state index contributed by atoms with van der Waals surface area (Å²) in [6.45, 7) is 0.389. The fraction of sp³-hybridized carbons (Fsp3) is 0.111. The van der Waals surface area contributed by atoms with Crippen molar-refractivity contribution in [1.29, 1.82) is 5.26 Å². The van der Waals surface area contributed by atoms with Crippen molar-refractivity contribution in [2.75, 3.05) is 12.4 Å². The number of pyridine rings is 1. The van der Waals surface area contributed by atoms with Crippen molar-refractivity contribution in [1.82, 2.24) is 15.0 Å². The predicted molar refractivity (Wildman–Crippen MR) is 91.4 cm³/mol. The van der Waals surface area contributed by atoms with E-state index in [4.69, 9.17) is 14.7 Å². The van der Waals surface area contributed by atoms with Crippen LogP contribution in [0.25, 0.3) is 0 Å². The van der Waals surface area contributed by atoms with Crippen molar-refractivity contribution in [3.05, 3.63) is 66.2 Å². The number of anilines is 1. The minimum absolute atomic E-state index is 0.238. The van der Waals surface area contributed by atoms with Gasteiger partial charge in [0.2, 0.25) is 5.88 Å². The van der Waals surface area contributed by atoms with Gasteiger partial charge in [-0.05, 0) is 18.2 Å². The lowest BCUT2D eigenvalue weighted by Gasteiger charge is -2.12. The molecule has 3 rings (SSSR count). The molecular formula is C18H15N5O2. The standard InChI is InChI=1S/C18H15N5O2/c1-24-14-5-2-6-15(10-14)25-18-13(4-3-7-22-18)12-23-17-16(11-19)20-8-9-21-17/h2-10H,12H2,1H3,(H,21,23). The average Bonchev–Trinajstić information content (AvgIpc) is 2.67. The summed E-state index contributed by atoms with van der Waals surface area (Å²) in [6.07, 6.45) is 4.66. The molecule has 25 heavy (non-hydrogen) atoms. The van der Waals surface area contributed by atoms with Gasteiger partial charge in [-0.1, -0.05) is 12.1 Å². The van der Waals surface area contributed by atoms with Crippen LogP contribution in [-0.4, -0.2) is 22.1 Å². The molecular weight excluding hydrogens is 318 g/mol. The monoisotopic (exact) mass is 333 g/mol. The SMILES string of the molecule is COc1cccc(Oc2ncccc2CNc2nccnc2C#N)c1. The zero-order valence-corrected chi connectivity index (χ0v) is 13.5.